The van der Waals surface area contributed by atoms with Gasteiger partial charge >= 0.3 is 11.9 Å². The number of allylic oxidation sites excluding steroid dienone is 1. The molecule has 0 radical (unpaired) electrons. The first-order valence-electron chi connectivity index (χ1n) is 12.8. The van der Waals surface area contributed by atoms with E-state index in [0.717, 1.165) is 17.2 Å². The minimum Gasteiger partial charge on any atom is -0.481 e. The number of hydrogen-bond donors (Lipinski definition) is 3. The van der Waals surface area contributed by atoms with Crippen LogP contribution in [0.15, 0.2) is 54.6 Å². The molecule has 0 aliphatic rings. The number of amides is 1. The highest BCUT2D eigenvalue weighted by Crippen LogP contribution is 2.42. The van der Waals surface area contributed by atoms with Crippen molar-refractivity contribution < 1.29 is 24.6 Å². The fraction of sp³-hybridized carbons (Fsp3) is 0.300. The first kappa shape index (κ1) is 33.4. The molecule has 6 nitrogen and oxygen atoms in total. The lowest BCUT2D eigenvalue weighted by atomic mass is 10.0. The molecule has 3 rings (SSSR count). The highest BCUT2D eigenvalue weighted by Gasteiger charge is 2.29. The van der Waals surface area contributed by atoms with Gasteiger partial charge in [0.1, 0.15) is 0 Å². The minimum atomic E-state index is -1.45. The molecule has 0 fully saturated rings. The van der Waals surface area contributed by atoms with Gasteiger partial charge in [0.25, 0.3) is 5.91 Å². The molecule has 0 saturated carbocycles. The molecule has 3 aromatic rings. The molecule has 1 amide bonds. The van der Waals surface area contributed by atoms with Gasteiger partial charge in [-0.2, -0.15) is 0 Å². The standard InChI is InChI=1S/C18H9Cl4NO3.C12H22O2/c19-13-11(12(18(25)26)14(20)16(22)15(13)21)17(24)23-10-7-3-5-8-4-1-2-6-9(8)10;1-2-3-4-5-6-7-8-9-10-11-12(13)14/h1-7H,(H,23,24)(H,25,26);9-10H,2-8,11H2,1H3,(H,13,14). The highest BCUT2D eigenvalue weighted by atomic mass is 35.5. The number of rotatable bonds is 12. The number of fused-ring (bicyclic) bond motifs is 1. The van der Waals surface area contributed by atoms with Gasteiger partial charge in [0.05, 0.1) is 37.6 Å². The largest absolute Gasteiger partial charge is 0.481 e. The quantitative estimate of drug-likeness (QED) is 0.0803. The summed E-state index contributed by atoms with van der Waals surface area (Å²) < 4.78 is 0. The van der Waals surface area contributed by atoms with Gasteiger partial charge in [-0.15, -0.1) is 0 Å². The Hall–Kier alpha value is -2.77. The molecule has 3 N–H and O–H groups in total. The fourth-order valence-corrected chi connectivity index (χ4v) is 4.93. The van der Waals surface area contributed by atoms with E-state index in [1.807, 2.05) is 36.4 Å². The van der Waals surface area contributed by atoms with Crippen molar-refractivity contribution in [2.24, 2.45) is 0 Å². The normalized spacial score (nSPS) is 10.8. The van der Waals surface area contributed by atoms with E-state index in [9.17, 15) is 19.5 Å². The Kier molecular flexibility index (Phi) is 14.3. The lowest BCUT2D eigenvalue weighted by Crippen LogP contribution is -2.18. The van der Waals surface area contributed by atoms with Crippen LogP contribution in [-0.2, 0) is 4.79 Å². The topological polar surface area (TPSA) is 104 Å². The van der Waals surface area contributed by atoms with Crippen molar-refractivity contribution in [1.82, 2.24) is 0 Å². The van der Waals surface area contributed by atoms with Crippen LogP contribution in [0.1, 0.15) is 79.0 Å². The highest BCUT2D eigenvalue weighted by molar-refractivity contribution is 6.54. The van der Waals surface area contributed by atoms with Gasteiger partial charge in [-0.1, -0.05) is 134 Å². The van der Waals surface area contributed by atoms with Gasteiger partial charge in [-0.3, -0.25) is 9.59 Å². The zero-order valence-electron chi connectivity index (χ0n) is 22.0. The van der Waals surface area contributed by atoms with Crippen molar-refractivity contribution in [3.05, 3.63) is 85.8 Å². The van der Waals surface area contributed by atoms with Gasteiger partial charge < -0.3 is 15.5 Å². The number of anilines is 1. The second kappa shape index (κ2) is 17.1. The van der Waals surface area contributed by atoms with Gasteiger partial charge in [-0.25, -0.2) is 4.79 Å². The number of aliphatic carboxylic acids is 1. The Morgan fingerprint density at radius 2 is 1.35 bits per heavy atom. The second-order valence-electron chi connectivity index (χ2n) is 8.92. The average molecular weight is 627 g/mol. The number of carboxylic acid groups (broad SMARTS) is 2. The zero-order valence-corrected chi connectivity index (χ0v) is 25.0. The Bertz CT molecular complexity index is 1370. The number of carbonyl (C=O) groups is 3. The first-order valence-corrected chi connectivity index (χ1v) is 14.4. The lowest BCUT2D eigenvalue weighted by molar-refractivity contribution is -0.136. The van der Waals surface area contributed by atoms with E-state index in [1.54, 1.807) is 18.2 Å². The van der Waals surface area contributed by atoms with E-state index in [1.165, 1.54) is 38.5 Å². The third-order valence-electron chi connectivity index (χ3n) is 5.93. The zero-order chi connectivity index (χ0) is 29.7. The summed E-state index contributed by atoms with van der Waals surface area (Å²) in [5.41, 5.74) is -0.377. The number of unbranched alkanes of at least 4 members (excludes halogenated alkanes) is 6. The monoisotopic (exact) mass is 625 g/mol. The van der Waals surface area contributed by atoms with Crippen LogP contribution < -0.4 is 5.32 Å². The molecule has 0 bridgehead atoms. The Morgan fingerprint density at radius 1 is 0.750 bits per heavy atom. The van der Waals surface area contributed by atoms with Crippen LogP contribution in [0.2, 0.25) is 20.1 Å². The van der Waals surface area contributed by atoms with Crippen molar-refractivity contribution in [2.45, 2.75) is 58.3 Å². The summed E-state index contributed by atoms with van der Waals surface area (Å²) in [4.78, 5) is 34.6. The van der Waals surface area contributed by atoms with Crippen molar-refractivity contribution in [1.29, 1.82) is 0 Å². The number of nitrogens with one attached hydrogen (secondary N) is 1. The predicted molar refractivity (Wildman–Crippen MR) is 165 cm³/mol. The molecule has 3 aromatic carbocycles. The molecular formula is C30H31Cl4NO5. The van der Waals surface area contributed by atoms with Crippen LogP contribution in [-0.4, -0.2) is 28.1 Å². The molecule has 0 unspecified atom stereocenters. The molecule has 0 aliphatic carbocycles. The second-order valence-corrected chi connectivity index (χ2v) is 10.4. The average Bonchev–Trinajstić information content (AvgIpc) is 2.93. The van der Waals surface area contributed by atoms with Crippen LogP contribution in [0.25, 0.3) is 10.8 Å². The number of carbonyl (C=O) groups excluding carboxylic acids is 1. The molecular weight excluding hydrogens is 596 g/mol. The summed E-state index contributed by atoms with van der Waals surface area (Å²) in [7, 11) is 0. The molecule has 0 spiro atoms. The van der Waals surface area contributed by atoms with E-state index in [0.29, 0.717) is 5.69 Å². The van der Waals surface area contributed by atoms with Crippen LogP contribution in [0.4, 0.5) is 5.69 Å². The van der Waals surface area contributed by atoms with Gasteiger partial charge in [0, 0.05) is 11.1 Å². The molecule has 0 heterocycles. The maximum atomic E-state index is 12.8. The molecule has 0 atom stereocenters. The Morgan fingerprint density at radius 3 is 2.00 bits per heavy atom. The summed E-state index contributed by atoms with van der Waals surface area (Å²) in [5, 5.41) is 21.1. The van der Waals surface area contributed by atoms with Crippen LogP contribution in [0.5, 0.6) is 0 Å². The van der Waals surface area contributed by atoms with E-state index >= 15 is 0 Å². The summed E-state index contributed by atoms with van der Waals surface area (Å²) in [6.45, 7) is 2.22. The smallest absolute Gasteiger partial charge is 0.338 e. The summed E-state index contributed by atoms with van der Waals surface area (Å²) in [6, 6.07) is 12.7. The Labute approximate surface area is 253 Å². The number of halogens is 4. The first-order chi connectivity index (χ1) is 19.1. The third-order valence-corrected chi connectivity index (χ3v) is 7.73. The molecule has 40 heavy (non-hydrogen) atoms. The third kappa shape index (κ3) is 9.70. The Balaban J connectivity index is 0.000000342. The van der Waals surface area contributed by atoms with Crippen LogP contribution in [0, 0.1) is 0 Å². The van der Waals surface area contributed by atoms with Crippen molar-refractivity contribution in [3.63, 3.8) is 0 Å². The molecule has 0 saturated heterocycles. The lowest BCUT2D eigenvalue weighted by Gasteiger charge is -2.15. The van der Waals surface area contributed by atoms with Gasteiger partial charge in [0.2, 0.25) is 0 Å². The summed E-state index contributed by atoms with van der Waals surface area (Å²) in [6.07, 6.45) is 12.7. The maximum Gasteiger partial charge on any atom is 0.338 e. The van der Waals surface area contributed by atoms with Gasteiger partial charge in [0.15, 0.2) is 0 Å². The fourth-order valence-electron chi connectivity index (χ4n) is 3.91. The number of carboxylic acids is 2. The number of aromatic carboxylic acids is 1. The molecule has 10 heteroatoms. The van der Waals surface area contributed by atoms with Gasteiger partial charge in [-0.05, 0) is 24.3 Å². The van der Waals surface area contributed by atoms with E-state index in [2.05, 4.69) is 12.2 Å². The van der Waals surface area contributed by atoms with Crippen LogP contribution in [0.3, 0.4) is 0 Å². The van der Waals surface area contributed by atoms with Crippen molar-refractivity contribution in [3.8, 4) is 0 Å². The van der Waals surface area contributed by atoms with Crippen molar-refractivity contribution in [2.75, 3.05) is 5.32 Å². The molecule has 0 aliphatic heterocycles. The SMILES string of the molecule is CCCCCCCCC=CCC(=O)O.O=C(O)c1c(Cl)c(Cl)c(Cl)c(Cl)c1C(=O)Nc1cccc2ccccc12. The number of benzene rings is 3. The summed E-state index contributed by atoms with van der Waals surface area (Å²) >= 11 is 24.0. The van der Waals surface area contributed by atoms with Crippen molar-refractivity contribution >= 4 is 80.7 Å². The van der Waals surface area contributed by atoms with E-state index in [4.69, 9.17) is 51.5 Å². The minimum absolute atomic E-state index is 0.163. The number of hydrogen-bond acceptors (Lipinski definition) is 3. The van der Waals surface area contributed by atoms with E-state index in [-0.39, 0.29) is 32.1 Å². The molecule has 0 aromatic heterocycles. The molecule has 214 valence electrons. The van der Waals surface area contributed by atoms with Crippen LogP contribution >= 0.6 is 46.4 Å². The summed E-state index contributed by atoms with van der Waals surface area (Å²) in [5.74, 6) is -2.95. The van der Waals surface area contributed by atoms with E-state index < -0.39 is 23.4 Å². The predicted octanol–water partition coefficient (Wildman–Crippen LogP) is 10.2. The maximum absolute atomic E-state index is 12.8.